The zero-order valence-electron chi connectivity index (χ0n) is 11.1. The molecule has 1 aromatic heterocycles. The van der Waals surface area contributed by atoms with Gasteiger partial charge in [0.1, 0.15) is 22.3 Å². The SMILES string of the molecule is CN(C)c1nc(N)c(C(=O)Nc2cc(F)c(Br)cc2F)s1. The minimum absolute atomic E-state index is 0.0230. The molecule has 2 aromatic rings. The van der Waals surface area contributed by atoms with Crippen molar-refractivity contribution in [1.82, 2.24) is 4.98 Å². The molecule has 0 bridgehead atoms. The van der Waals surface area contributed by atoms with Gasteiger partial charge in [0.25, 0.3) is 5.91 Å². The number of nitrogens with zero attached hydrogens (tertiary/aromatic N) is 2. The topological polar surface area (TPSA) is 71.2 Å². The molecule has 0 aliphatic rings. The molecule has 0 saturated heterocycles. The Hall–Kier alpha value is -1.74. The molecule has 112 valence electrons. The van der Waals surface area contributed by atoms with Gasteiger partial charge in [-0.3, -0.25) is 4.79 Å². The number of halogens is 3. The van der Waals surface area contributed by atoms with E-state index in [0.29, 0.717) is 5.13 Å². The van der Waals surface area contributed by atoms with Gasteiger partial charge in [0.05, 0.1) is 10.2 Å². The van der Waals surface area contributed by atoms with Crippen LogP contribution in [0.15, 0.2) is 16.6 Å². The van der Waals surface area contributed by atoms with Crippen LogP contribution in [0.2, 0.25) is 0 Å². The van der Waals surface area contributed by atoms with Crippen LogP contribution in [0.25, 0.3) is 0 Å². The molecule has 21 heavy (non-hydrogen) atoms. The lowest BCUT2D eigenvalue weighted by molar-refractivity contribution is 0.103. The molecule has 9 heteroatoms. The number of rotatable bonds is 3. The van der Waals surface area contributed by atoms with Crippen LogP contribution in [0.4, 0.5) is 25.4 Å². The Kier molecular flexibility index (Phi) is 4.43. The highest BCUT2D eigenvalue weighted by Crippen LogP contribution is 2.29. The fraction of sp³-hybridized carbons (Fsp3) is 0.167. The molecule has 0 saturated carbocycles. The summed E-state index contributed by atoms with van der Waals surface area (Å²) in [5.74, 6) is -2.04. The van der Waals surface area contributed by atoms with Crippen LogP contribution in [0.1, 0.15) is 9.67 Å². The van der Waals surface area contributed by atoms with Gasteiger partial charge in [-0.15, -0.1) is 0 Å². The van der Waals surface area contributed by atoms with E-state index in [1.165, 1.54) is 0 Å². The first kappa shape index (κ1) is 15.6. The monoisotopic (exact) mass is 376 g/mol. The van der Waals surface area contributed by atoms with E-state index in [1.54, 1.807) is 19.0 Å². The molecule has 1 amide bonds. The number of thiazole rings is 1. The second-order valence-electron chi connectivity index (χ2n) is 4.31. The third kappa shape index (κ3) is 3.30. The van der Waals surface area contributed by atoms with Crippen molar-refractivity contribution in [2.24, 2.45) is 0 Å². The van der Waals surface area contributed by atoms with Crippen LogP contribution in [-0.2, 0) is 0 Å². The number of nitrogens with two attached hydrogens (primary N) is 1. The Balaban J connectivity index is 2.28. The van der Waals surface area contributed by atoms with Crippen LogP contribution in [0, 0.1) is 11.6 Å². The van der Waals surface area contributed by atoms with Crippen LogP contribution in [-0.4, -0.2) is 25.0 Å². The molecule has 5 nitrogen and oxygen atoms in total. The second-order valence-corrected chi connectivity index (χ2v) is 6.14. The Bertz CT molecular complexity index is 705. The number of nitrogens with one attached hydrogen (secondary N) is 1. The summed E-state index contributed by atoms with van der Waals surface area (Å²) < 4.78 is 27.0. The molecule has 0 fully saturated rings. The third-order valence-electron chi connectivity index (χ3n) is 2.49. The van der Waals surface area contributed by atoms with E-state index >= 15 is 0 Å². The van der Waals surface area contributed by atoms with Crippen molar-refractivity contribution in [2.75, 3.05) is 30.0 Å². The molecule has 0 atom stereocenters. The molecular formula is C12H11BrF2N4OS. The Morgan fingerprint density at radius 3 is 2.62 bits per heavy atom. The minimum Gasteiger partial charge on any atom is -0.382 e. The number of aromatic nitrogens is 1. The number of benzene rings is 1. The highest BCUT2D eigenvalue weighted by molar-refractivity contribution is 9.10. The summed E-state index contributed by atoms with van der Waals surface area (Å²) in [4.78, 5) is 17.9. The first-order valence-corrected chi connectivity index (χ1v) is 7.30. The highest BCUT2D eigenvalue weighted by atomic mass is 79.9. The number of hydrogen-bond acceptors (Lipinski definition) is 5. The van der Waals surface area contributed by atoms with Gasteiger partial charge in [0.15, 0.2) is 5.13 Å². The van der Waals surface area contributed by atoms with Crippen molar-refractivity contribution in [2.45, 2.75) is 0 Å². The number of carbonyl (C=O) groups excluding carboxylic acids is 1. The molecular weight excluding hydrogens is 366 g/mol. The summed E-state index contributed by atoms with van der Waals surface area (Å²) in [7, 11) is 3.51. The van der Waals surface area contributed by atoms with Gasteiger partial charge < -0.3 is 16.0 Å². The summed E-state index contributed by atoms with van der Waals surface area (Å²) in [5.41, 5.74) is 5.40. The number of amides is 1. The molecule has 3 N–H and O–H groups in total. The number of carbonyl (C=O) groups is 1. The van der Waals surface area contributed by atoms with E-state index in [0.717, 1.165) is 23.5 Å². The van der Waals surface area contributed by atoms with Crippen molar-refractivity contribution >= 4 is 49.8 Å². The predicted octanol–water partition coefficient (Wildman–Crippen LogP) is 3.08. The lowest BCUT2D eigenvalue weighted by Gasteiger charge is -2.07. The van der Waals surface area contributed by atoms with Gasteiger partial charge in [-0.2, -0.15) is 0 Å². The van der Waals surface area contributed by atoms with Gasteiger partial charge in [-0.25, -0.2) is 13.8 Å². The van der Waals surface area contributed by atoms with Crippen molar-refractivity contribution in [3.8, 4) is 0 Å². The maximum Gasteiger partial charge on any atom is 0.269 e. The summed E-state index contributed by atoms with van der Waals surface area (Å²) in [5, 5.41) is 2.83. The maximum atomic E-state index is 13.7. The molecule has 0 aliphatic carbocycles. The summed E-state index contributed by atoms with van der Waals surface area (Å²) in [6.45, 7) is 0. The lowest BCUT2D eigenvalue weighted by Crippen LogP contribution is -2.13. The van der Waals surface area contributed by atoms with Crippen molar-refractivity contribution in [3.05, 3.63) is 33.1 Å². The van der Waals surface area contributed by atoms with E-state index in [4.69, 9.17) is 5.73 Å². The maximum absolute atomic E-state index is 13.7. The third-order valence-corrected chi connectivity index (χ3v) is 4.33. The van der Waals surface area contributed by atoms with Gasteiger partial charge in [0.2, 0.25) is 0 Å². The minimum atomic E-state index is -0.757. The van der Waals surface area contributed by atoms with Crippen LogP contribution < -0.4 is 16.0 Å². The van der Waals surface area contributed by atoms with Crippen molar-refractivity contribution < 1.29 is 13.6 Å². The smallest absolute Gasteiger partial charge is 0.269 e. The number of nitrogen functional groups attached to an aromatic ring is 1. The summed E-state index contributed by atoms with van der Waals surface area (Å²) in [6.07, 6.45) is 0. The van der Waals surface area contributed by atoms with Crippen LogP contribution >= 0.6 is 27.3 Å². The van der Waals surface area contributed by atoms with Crippen LogP contribution in [0.5, 0.6) is 0 Å². The van der Waals surface area contributed by atoms with E-state index in [1.807, 2.05) is 0 Å². The van der Waals surface area contributed by atoms with E-state index in [-0.39, 0.29) is 20.9 Å². The van der Waals surface area contributed by atoms with Crippen molar-refractivity contribution in [3.63, 3.8) is 0 Å². The quantitative estimate of drug-likeness (QED) is 0.807. The molecule has 0 unspecified atom stereocenters. The Morgan fingerprint density at radius 2 is 2.05 bits per heavy atom. The highest BCUT2D eigenvalue weighted by Gasteiger charge is 2.19. The zero-order valence-corrected chi connectivity index (χ0v) is 13.5. The summed E-state index contributed by atoms with van der Waals surface area (Å²) in [6, 6.07) is 1.83. The largest absolute Gasteiger partial charge is 0.382 e. The molecule has 2 rings (SSSR count). The van der Waals surface area contributed by atoms with Gasteiger partial charge >= 0.3 is 0 Å². The molecule has 1 heterocycles. The van der Waals surface area contributed by atoms with Crippen LogP contribution in [0.3, 0.4) is 0 Å². The first-order valence-electron chi connectivity index (χ1n) is 5.69. The molecule has 1 aromatic carbocycles. The lowest BCUT2D eigenvalue weighted by atomic mass is 10.3. The average Bonchev–Trinajstić information content (AvgIpc) is 2.78. The molecule has 0 radical (unpaired) electrons. The van der Waals surface area contributed by atoms with E-state index in [9.17, 15) is 13.6 Å². The fourth-order valence-electron chi connectivity index (χ4n) is 1.47. The predicted molar refractivity (Wildman–Crippen MR) is 82.9 cm³/mol. The molecule has 0 aliphatic heterocycles. The first-order chi connectivity index (χ1) is 9.79. The fourth-order valence-corrected chi connectivity index (χ4v) is 2.59. The number of anilines is 3. The summed E-state index contributed by atoms with van der Waals surface area (Å²) >= 11 is 3.92. The van der Waals surface area contributed by atoms with Gasteiger partial charge in [0, 0.05) is 20.2 Å². The van der Waals surface area contributed by atoms with E-state index < -0.39 is 17.5 Å². The Labute approximate surface area is 131 Å². The normalized spacial score (nSPS) is 10.5. The Morgan fingerprint density at radius 1 is 1.38 bits per heavy atom. The second kappa shape index (κ2) is 5.94. The average molecular weight is 377 g/mol. The van der Waals surface area contributed by atoms with Gasteiger partial charge in [-0.1, -0.05) is 11.3 Å². The number of hydrogen-bond donors (Lipinski definition) is 2. The van der Waals surface area contributed by atoms with E-state index in [2.05, 4.69) is 26.2 Å². The zero-order chi connectivity index (χ0) is 15.7. The standard InChI is InChI=1S/C12H11BrF2N4OS/c1-19(2)12-18-10(16)9(21-12)11(20)17-8-4-6(14)5(13)3-7(8)15/h3-4H,16H2,1-2H3,(H,17,20). The van der Waals surface area contributed by atoms with Gasteiger partial charge in [-0.05, 0) is 22.0 Å². The molecule has 0 spiro atoms. The van der Waals surface area contributed by atoms with Crippen molar-refractivity contribution in [1.29, 1.82) is 0 Å².